The van der Waals surface area contributed by atoms with E-state index < -0.39 is 0 Å². The Kier molecular flexibility index (Phi) is 6.14. The van der Waals surface area contributed by atoms with Gasteiger partial charge in [-0.05, 0) is 62.6 Å². The van der Waals surface area contributed by atoms with E-state index in [-0.39, 0.29) is 0 Å². The summed E-state index contributed by atoms with van der Waals surface area (Å²) in [6.07, 6.45) is 3.33. The van der Waals surface area contributed by atoms with Crippen LogP contribution in [0.1, 0.15) is 20.3 Å². The summed E-state index contributed by atoms with van der Waals surface area (Å²) in [5.41, 5.74) is 2.72. The van der Waals surface area contributed by atoms with Gasteiger partial charge in [0.2, 0.25) is 0 Å². The average molecular weight is 359 g/mol. The predicted molar refractivity (Wildman–Crippen MR) is 108 cm³/mol. The van der Waals surface area contributed by atoms with E-state index in [9.17, 15) is 0 Å². The second-order valence-corrected chi connectivity index (χ2v) is 7.90. The number of fused-ring (bicyclic) bond motifs is 2. The van der Waals surface area contributed by atoms with E-state index >= 15 is 0 Å². The number of thioether (sulfide) groups is 1. The van der Waals surface area contributed by atoms with Crippen LogP contribution in [0.5, 0.6) is 0 Å². The zero-order valence-electron chi connectivity index (χ0n) is 14.8. The summed E-state index contributed by atoms with van der Waals surface area (Å²) in [4.78, 5) is 9.09. The molecule has 0 atom stereocenters. The van der Waals surface area contributed by atoms with E-state index in [1.165, 1.54) is 32.5 Å². The van der Waals surface area contributed by atoms with Crippen LogP contribution in [-0.2, 0) is 0 Å². The molecule has 0 spiro atoms. The Bertz CT molecular complexity index is 683. The Labute approximate surface area is 154 Å². The second-order valence-electron chi connectivity index (χ2n) is 5.94. The van der Waals surface area contributed by atoms with Gasteiger partial charge < -0.3 is 9.80 Å². The molecule has 0 amide bonds. The molecule has 3 rings (SSSR count). The number of nitrogens with zero attached hydrogens (tertiary/aromatic N) is 2. The van der Waals surface area contributed by atoms with Gasteiger partial charge in [-0.1, -0.05) is 37.7 Å². The van der Waals surface area contributed by atoms with Crippen LogP contribution in [0.2, 0.25) is 0 Å². The SMILES string of the molecule is CCN(CC)CCCN1c2ccccc2Sc2ccc(SC)cc21. The molecule has 0 aliphatic carbocycles. The molecule has 2 aromatic rings. The maximum absolute atomic E-state index is 2.52. The van der Waals surface area contributed by atoms with Crippen molar-refractivity contribution in [2.24, 2.45) is 0 Å². The van der Waals surface area contributed by atoms with E-state index in [2.05, 4.69) is 72.4 Å². The molecule has 1 aliphatic rings. The van der Waals surface area contributed by atoms with Crippen LogP contribution in [0.3, 0.4) is 0 Å². The lowest BCUT2D eigenvalue weighted by atomic mass is 10.2. The minimum atomic E-state index is 1.07. The fourth-order valence-corrected chi connectivity index (χ4v) is 4.68. The van der Waals surface area contributed by atoms with Crippen molar-refractivity contribution in [2.75, 3.05) is 37.3 Å². The predicted octanol–water partition coefficient (Wildman–Crippen LogP) is 5.74. The highest BCUT2D eigenvalue weighted by Gasteiger charge is 2.23. The third-order valence-electron chi connectivity index (χ3n) is 4.58. The molecule has 0 bridgehead atoms. The van der Waals surface area contributed by atoms with Gasteiger partial charge in [0, 0.05) is 21.2 Å². The molecule has 0 N–H and O–H groups in total. The highest BCUT2D eigenvalue weighted by atomic mass is 32.2. The Morgan fingerprint density at radius 3 is 2.50 bits per heavy atom. The van der Waals surface area contributed by atoms with Crippen molar-refractivity contribution in [1.29, 1.82) is 0 Å². The zero-order chi connectivity index (χ0) is 16.9. The molecule has 0 aromatic heterocycles. The number of hydrogen-bond acceptors (Lipinski definition) is 4. The normalized spacial score (nSPS) is 13.1. The van der Waals surface area contributed by atoms with E-state index in [1.807, 2.05) is 23.5 Å². The first-order valence-electron chi connectivity index (χ1n) is 8.71. The number of rotatable bonds is 7. The molecule has 1 heterocycles. The Morgan fingerprint density at radius 2 is 1.75 bits per heavy atom. The lowest BCUT2D eigenvalue weighted by Gasteiger charge is -2.33. The summed E-state index contributed by atoms with van der Waals surface area (Å²) in [7, 11) is 0. The minimum absolute atomic E-state index is 1.07. The summed E-state index contributed by atoms with van der Waals surface area (Å²) >= 11 is 3.71. The summed E-state index contributed by atoms with van der Waals surface area (Å²) in [6, 6.07) is 15.6. The number of benzene rings is 2. The molecule has 2 nitrogen and oxygen atoms in total. The smallest absolute Gasteiger partial charge is 0.0564 e. The largest absolute Gasteiger partial charge is 0.340 e. The van der Waals surface area contributed by atoms with Crippen molar-refractivity contribution in [3.8, 4) is 0 Å². The van der Waals surface area contributed by atoms with Gasteiger partial charge in [-0.3, -0.25) is 0 Å². The zero-order valence-corrected chi connectivity index (χ0v) is 16.4. The average Bonchev–Trinajstić information content (AvgIpc) is 2.64. The summed E-state index contributed by atoms with van der Waals surface area (Å²) < 4.78 is 0. The van der Waals surface area contributed by atoms with Crippen LogP contribution in [0, 0.1) is 0 Å². The van der Waals surface area contributed by atoms with Crippen molar-refractivity contribution >= 4 is 34.9 Å². The first-order valence-corrected chi connectivity index (χ1v) is 10.8. The quantitative estimate of drug-likeness (QED) is 0.582. The van der Waals surface area contributed by atoms with Gasteiger partial charge in [-0.25, -0.2) is 0 Å². The van der Waals surface area contributed by atoms with Crippen LogP contribution >= 0.6 is 23.5 Å². The van der Waals surface area contributed by atoms with Crippen LogP contribution in [0.25, 0.3) is 0 Å². The molecule has 0 saturated heterocycles. The van der Waals surface area contributed by atoms with E-state index in [1.54, 1.807) is 0 Å². The molecule has 128 valence electrons. The van der Waals surface area contributed by atoms with Gasteiger partial charge in [0.1, 0.15) is 0 Å². The number of anilines is 2. The Balaban J connectivity index is 1.86. The van der Waals surface area contributed by atoms with Gasteiger partial charge in [0.15, 0.2) is 0 Å². The van der Waals surface area contributed by atoms with Crippen molar-refractivity contribution in [1.82, 2.24) is 4.90 Å². The third kappa shape index (κ3) is 3.76. The van der Waals surface area contributed by atoms with Gasteiger partial charge >= 0.3 is 0 Å². The van der Waals surface area contributed by atoms with E-state index in [0.29, 0.717) is 0 Å². The molecular formula is C20H26N2S2. The molecule has 24 heavy (non-hydrogen) atoms. The lowest BCUT2D eigenvalue weighted by Crippen LogP contribution is -2.29. The highest BCUT2D eigenvalue weighted by molar-refractivity contribution is 8.00. The molecule has 0 radical (unpaired) electrons. The van der Waals surface area contributed by atoms with Crippen molar-refractivity contribution in [3.05, 3.63) is 42.5 Å². The van der Waals surface area contributed by atoms with Crippen LogP contribution < -0.4 is 4.90 Å². The standard InChI is InChI=1S/C20H26N2S2/c1-4-21(5-2)13-8-14-22-17-9-6-7-10-19(17)24-20-12-11-16(23-3)15-18(20)22/h6-7,9-12,15H,4-5,8,13-14H2,1-3H3. The first kappa shape index (κ1) is 17.7. The summed E-state index contributed by atoms with van der Waals surface area (Å²) in [6.45, 7) is 8.99. The number of hydrogen-bond donors (Lipinski definition) is 0. The Hall–Kier alpha value is -1.10. The van der Waals surface area contributed by atoms with Crippen molar-refractivity contribution < 1.29 is 0 Å². The van der Waals surface area contributed by atoms with Gasteiger partial charge in [0.25, 0.3) is 0 Å². The number of para-hydroxylation sites is 1. The van der Waals surface area contributed by atoms with Crippen LogP contribution in [0.15, 0.2) is 57.2 Å². The van der Waals surface area contributed by atoms with Crippen LogP contribution in [0.4, 0.5) is 11.4 Å². The van der Waals surface area contributed by atoms with Crippen molar-refractivity contribution in [3.63, 3.8) is 0 Å². The van der Waals surface area contributed by atoms with E-state index in [0.717, 1.165) is 26.2 Å². The van der Waals surface area contributed by atoms with Crippen LogP contribution in [-0.4, -0.2) is 37.3 Å². The molecule has 4 heteroatoms. The molecule has 1 aliphatic heterocycles. The summed E-state index contributed by atoms with van der Waals surface area (Å²) in [5, 5.41) is 0. The van der Waals surface area contributed by atoms with Gasteiger partial charge in [0.05, 0.1) is 11.4 Å². The minimum Gasteiger partial charge on any atom is -0.340 e. The molecule has 2 aromatic carbocycles. The first-order chi connectivity index (χ1) is 11.8. The maximum Gasteiger partial charge on any atom is 0.0564 e. The van der Waals surface area contributed by atoms with Gasteiger partial charge in [-0.2, -0.15) is 0 Å². The van der Waals surface area contributed by atoms with Crippen molar-refractivity contribution in [2.45, 2.75) is 35.0 Å². The molecule has 0 saturated carbocycles. The summed E-state index contributed by atoms with van der Waals surface area (Å²) in [5.74, 6) is 0. The second kappa shape index (κ2) is 8.32. The third-order valence-corrected chi connectivity index (χ3v) is 6.44. The molecular weight excluding hydrogens is 332 g/mol. The van der Waals surface area contributed by atoms with Gasteiger partial charge in [-0.15, -0.1) is 11.8 Å². The molecule has 0 fully saturated rings. The fraction of sp³-hybridized carbons (Fsp3) is 0.400. The Morgan fingerprint density at radius 1 is 1.00 bits per heavy atom. The lowest BCUT2D eigenvalue weighted by molar-refractivity contribution is 0.301. The topological polar surface area (TPSA) is 6.48 Å². The fourth-order valence-electron chi connectivity index (χ4n) is 3.17. The molecule has 0 unspecified atom stereocenters. The maximum atomic E-state index is 2.52. The monoisotopic (exact) mass is 358 g/mol. The highest BCUT2D eigenvalue weighted by Crippen LogP contribution is 2.48. The van der Waals surface area contributed by atoms with E-state index in [4.69, 9.17) is 0 Å².